The van der Waals surface area contributed by atoms with Gasteiger partial charge in [-0.15, -0.1) is 0 Å². The third kappa shape index (κ3) is 2.80. The van der Waals surface area contributed by atoms with Gasteiger partial charge in [0.2, 0.25) is 5.91 Å². The second kappa shape index (κ2) is 5.83. The van der Waals surface area contributed by atoms with Gasteiger partial charge in [0.15, 0.2) is 0 Å². The summed E-state index contributed by atoms with van der Waals surface area (Å²) in [6.45, 7) is 7.67. The van der Waals surface area contributed by atoms with Crippen molar-refractivity contribution in [2.24, 2.45) is 5.92 Å². The fourth-order valence-corrected chi connectivity index (χ4v) is 3.19. The zero-order valence-electron chi connectivity index (χ0n) is 10.9. The van der Waals surface area contributed by atoms with E-state index in [1.165, 1.54) is 0 Å². The summed E-state index contributed by atoms with van der Waals surface area (Å²) < 4.78 is 5.28. The summed E-state index contributed by atoms with van der Waals surface area (Å²) in [6, 6.07) is 0.872. The van der Waals surface area contributed by atoms with Crippen molar-refractivity contribution < 1.29 is 9.53 Å². The third-order valence-electron chi connectivity index (χ3n) is 3.95. The van der Waals surface area contributed by atoms with Crippen molar-refractivity contribution in [2.45, 2.75) is 45.2 Å². The first kappa shape index (κ1) is 12.8. The summed E-state index contributed by atoms with van der Waals surface area (Å²) in [5.74, 6) is 0.995. The molecular formula is C13H24N2O2. The Morgan fingerprint density at radius 3 is 3.06 bits per heavy atom. The molecule has 0 bridgehead atoms. The van der Waals surface area contributed by atoms with Crippen LogP contribution in [0.2, 0.25) is 0 Å². The minimum atomic E-state index is 0.313. The number of likely N-dealkylation sites (tertiary alicyclic amines) is 1. The van der Waals surface area contributed by atoms with Crippen molar-refractivity contribution in [3.05, 3.63) is 0 Å². The normalized spacial score (nSPS) is 31.9. The predicted molar refractivity (Wildman–Crippen MR) is 66.8 cm³/mol. The lowest BCUT2D eigenvalue weighted by atomic mass is 10.0. The van der Waals surface area contributed by atoms with Gasteiger partial charge < -0.3 is 15.0 Å². The number of hydrogen-bond acceptors (Lipinski definition) is 3. The molecule has 2 fully saturated rings. The summed E-state index contributed by atoms with van der Waals surface area (Å²) >= 11 is 0. The molecule has 17 heavy (non-hydrogen) atoms. The number of fused-ring (bicyclic) bond motifs is 1. The van der Waals surface area contributed by atoms with Gasteiger partial charge in [0, 0.05) is 44.8 Å². The SMILES string of the molecule is CCOCCCC(=O)N1C(C)CC2CNCC21. The van der Waals surface area contributed by atoms with Crippen LogP contribution in [-0.2, 0) is 9.53 Å². The Balaban J connectivity index is 1.81. The smallest absolute Gasteiger partial charge is 0.223 e. The van der Waals surface area contributed by atoms with Gasteiger partial charge in [-0.1, -0.05) is 0 Å². The summed E-state index contributed by atoms with van der Waals surface area (Å²) in [7, 11) is 0. The number of nitrogens with one attached hydrogen (secondary N) is 1. The molecule has 4 nitrogen and oxygen atoms in total. The lowest BCUT2D eigenvalue weighted by molar-refractivity contribution is -0.134. The van der Waals surface area contributed by atoms with Crippen LogP contribution in [0.25, 0.3) is 0 Å². The molecule has 98 valence electrons. The highest BCUT2D eigenvalue weighted by Crippen LogP contribution is 2.32. The summed E-state index contributed by atoms with van der Waals surface area (Å²) in [4.78, 5) is 14.3. The third-order valence-corrected chi connectivity index (χ3v) is 3.95. The van der Waals surface area contributed by atoms with E-state index in [9.17, 15) is 4.79 Å². The van der Waals surface area contributed by atoms with E-state index in [2.05, 4.69) is 17.1 Å². The van der Waals surface area contributed by atoms with Crippen LogP contribution >= 0.6 is 0 Å². The number of nitrogens with zero attached hydrogens (tertiary/aromatic N) is 1. The van der Waals surface area contributed by atoms with Crippen molar-refractivity contribution >= 4 is 5.91 Å². The second-order valence-corrected chi connectivity index (χ2v) is 5.17. The molecule has 0 aromatic carbocycles. The van der Waals surface area contributed by atoms with Crippen LogP contribution in [0, 0.1) is 5.92 Å². The van der Waals surface area contributed by atoms with E-state index in [4.69, 9.17) is 4.74 Å². The lowest BCUT2D eigenvalue weighted by Crippen LogP contribution is -2.42. The largest absolute Gasteiger partial charge is 0.382 e. The Morgan fingerprint density at radius 2 is 2.29 bits per heavy atom. The standard InChI is InChI=1S/C13H24N2O2/c1-3-17-6-4-5-13(16)15-10(2)7-11-8-14-9-12(11)15/h10-12,14H,3-9H2,1-2H3. The molecule has 0 saturated carbocycles. The predicted octanol–water partition coefficient (Wildman–Crippen LogP) is 1.01. The number of amides is 1. The molecule has 0 radical (unpaired) electrons. The van der Waals surface area contributed by atoms with Crippen LogP contribution in [0.4, 0.5) is 0 Å². The Kier molecular flexibility index (Phi) is 4.40. The zero-order valence-corrected chi connectivity index (χ0v) is 10.9. The summed E-state index contributed by atoms with van der Waals surface area (Å²) in [5.41, 5.74) is 0. The fraction of sp³-hybridized carbons (Fsp3) is 0.923. The second-order valence-electron chi connectivity index (χ2n) is 5.17. The van der Waals surface area contributed by atoms with Crippen molar-refractivity contribution in [3.63, 3.8) is 0 Å². The fourth-order valence-electron chi connectivity index (χ4n) is 3.19. The van der Waals surface area contributed by atoms with E-state index in [1.54, 1.807) is 0 Å². The summed E-state index contributed by atoms with van der Waals surface area (Å²) in [5, 5.41) is 3.39. The average molecular weight is 240 g/mol. The van der Waals surface area contributed by atoms with Gasteiger partial charge in [0.1, 0.15) is 0 Å². The average Bonchev–Trinajstić information content (AvgIpc) is 2.83. The molecule has 1 N–H and O–H groups in total. The molecule has 0 aromatic rings. The molecule has 2 saturated heterocycles. The Hall–Kier alpha value is -0.610. The van der Waals surface area contributed by atoms with Crippen LogP contribution in [0.5, 0.6) is 0 Å². The van der Waals surface area contributed by atoms with E-state index >= 15 is 0 Å². The number of ether oxygens (including phenoxy) is 1. The van der Waals surface area contributed by atoms with Gasteiger partial charge in [-0.3, -0.25) is 4.79 Å². The van der Waals surface area contributed by atoms with E-state index in [0.29, 0.717) is 36.9 Å². The molecule has 0 spiro atoms. The number of carbonyl (C=O) groups excluding carboxylic acids is 1. The van der Waals surface area contributed by atoms with Crippen LogP contribution in [0.1, 0.15) is 33.1 Å². The lowest BCUT2D eigenvalue weighted by Gasteiger charge is -2.27. The highest BCUT2D eigenvalue weighted by atomic mass is 16.5. The first-order valence-corrected chi connectivity index (χ1v) is 6.83. The van der Waals surface area contributed by atoms with Crippen LogP contribution in [0.3, 0.4) is 0 Å². The molecule has 4 heteroatoms. The van der Waals surface area contributed by atoms with Crippen molar-refractivity contribution in [3.8, 4) is 0 Å². The van der Waals surface area contributed by atoms with Crippen molar-refractivity contribution in [1.29, 1.82) is 0 Å². The maximum Gasteiger partial charge on any atom is 0.223 e. The van der Waals surface area contributed by atoms with Gasteiger partial charge in [0.25, 0.3) is 0 Å². The zero-order chi connectivity index (χ0) is 12.3. The topological polar surface area (TPSA) is 41.6 Å². The Bertz CT molecular complexity index is 270. The molecule has 3 atom stereocenters. The molecule has 3 unspecified atom stereocenters. The van der Waals surface area contributed by atoms with Gasteiger partial charge in [-0.25, -0.2) is 0 Å². The molecular weight excluding hydrogens is 216 g/mol. The first-order chi connectivity index (χ1) is 8.24. The van der Waals surface area contributed by atoms with Gasteiger partial charge in [0.05, 0.1) is 0 Å². The Morgan fingerprint density at radius 1 is 1.47 bits per heavy atom. The van der Waals surface area contributed by atoms with Crippen molar-refractivity contribution in [2.75, 3.05) is 26.3 Å². The molecule has 2 aliphatic heterocycles. The minimum absolute atomic E-state index is 0.313. The van der Waals surface area contributed by atoms with E-state index in [-0.39, 0.29) is 0 Å². The van der Waals surface area contributed by atoms with Gasteiger partial charge in [-0.2, -0.15) is 0 Å². The molecule has 2 heterocycles. The van der Waals surface area contributed by atoms with Gasteiger partial charge in [-0.05, 0) is 32.6 Å². The van der Waals surface area contributed by atoms with Crippen molar-refractivity contribution in [1.82, 2.24) is 10.2 Å². The quantitative estimate of drug-likeness (QED) is 0.729. The number of hydrogen-bond donors (Lipinski definition) is 1. The number of carbonyl (C=O) groups is 1. The molecule has 2 rings (SSSR count). The van der Waals surface area contributed by atoms with Crippen LogP contribution < -0.4 is 5.32 Å². The monoisotopic (exact) mass is 240 g/mol. The van der Waals surface area contributed by atoms with E-state index in [1.807, 2.05) is 6.92 Å². The number of rotatable bonds is 5. The highest BCUT2D eigenvalue weighted by molar-refractivity contribution is 5.77. The molecule has 2 aliphatic rings. The van der Waals surface area contributed by atoms with Gasteiger partial charge >= 0.3 is 0 Å². The summed E-state index contributed by atoms with van der Waals surface area (Å²) in [6.07, 6.45) is 2.64. The minimum Gasteiger partial charge on any atom is -0.382 e. The molecule has 1 amide bonds. The van der Waals surface area contributed by atoms with E-state index < -0.39 is 0 Å². The highest BCUT2D eigenvalue weighted by Gasteiger charge is 2.43. The molecule has 0 aromatic heterocycles. The van der Waals surface area contributed by atoms with E-state index in [0.717, 1.165) is 32.5 Å². The first-order valence-electron chi connectivity index (χ1n) is 6.83. The molecule has 0 aliphatic carbocycles. The van der Waals surface area contributed by atoms with Crippen LogP contribution in [-0.4, -0.2) is 49.2 Å². The Labute approximate surface area is 104 Å². The maximum absolute atomic E-state index is 12.2. The maximum atomic E-state index is 12.2. The van der Waals surface area contributed by atoms with Crippen LogP contribution in [0.15, 0.2) is 0 Å².